The van der Waals surface area contributed by atoms with Crippen molar-refractivity contribution >= 4 is 50.7 Å². The summed E-state index contributed by atoms with van der Waals surface area (Å²) in [6.07, 6.45) is 4.88. The van der Waals surface area contributed by atoms with Gasteiger partial charge in [0.25, 0.3) is 5.91 Å². The number of benzene rings is 2. The van der Waals surface area contributed by atoms with Crippen LogP contribution in [-0.2, 0) is 11.3 Å². The van der Waals surface area contributed by atoms with Crippen molar-refractivity contribution in [3.05, 3.63) is 71.4 Å². The van der Waals surface area contributed by atoms with Crippen LogP contribution >= 0.6 is 11.8 Å². The lowest BCUT2D eigenvalue weighted by atomic mass is 9.99. The van der Waals surface area contributed by atoms with E-state index in [1.165, 1.54) is 22.3 Å². The summed E-state index contributed by atoms with van der Waals surface area (Å²) in [6, 6.07) is 16.4. The summed E-state index contributed by atoms with van der Waals surface area (Å²) in [5, 5.41) is 17.0. The zero-order chi connectivity index (χ0) is 26.1. The number of hydrogen-bond acceptors (Lipinski definition) is 5. The first kappa shape index (κ1) is 25.0. The summed E-state index contributed by atoms with van der Waals surface area (Å²) in [4.78, 5) is 17.1. The van der Waals surface area contributed by atoms with Crippen LogP contribution < -0.4 is 4.74 Å². The number of nitrogens with zero attached hydrogens (tertiary/aromatic N) is 4. The number of aromatic nitrogens is 1. The zero-order valence-electron chi connectivity index (χ0n) is 21.6. The third-order valence-corrected chi connectivity index (χ3v) is 7.95. The number of hydrazone groups is 1. The molecule has 0 saturated heterocycles. The Morgan fingerprint density at radius 2 is 1.86 bits per heavy atom. The van der Waals surface area contributed by atoms with Crippen molar-refractivity contribution in [3.8, 4) is 5.75 Å². The molecular weight excluding hydrogens is 482 g/mol. The molecule has 3 aromatic rings. The van der Waals surface area contributed by atoms with Crippen molar-refractivity contribution in [3.63, 3.8) is 0 Å². The molecule has 8 heteroatoms. The first-order valence-corrected chi connectivity index (χ1v) is 13.5. The lowest BCUT2D eigenvalue weighted by Gasteiger charge is -2.20. The summed E-state index contributed by atoms with van der Waals surface area (Å²) >= 11 is 1.35. The fourth-order valence-corrected chi connectivity index (χ4v) is 5.25. The Bertz CT molecular complexity index is 1450. The molecule has 0 aliphatic carbocycles. The number of carbonyl (C=O) groups excluding carboxylic acids is 1. The average Bonchev–Trinajstić information content (AvgIpc) is 3.49. The van der Waals surface area contributed by atoms with E-state index in [0.717, 1.165) is 33.7 Å². The lowest BCUT2D eigenvalue weighted by molar-refractivity contribution is -0.114. The average molecular weight is 514 g/mol. The first-order chi connectivity index (χ1) is 17.9. The third-order valence-electron chi connectivity index (χ3n) is 6.75. The van der Waals surface area contributed by atoms with Crippen LogP contribution in [0.2, 0.25) is 0 Å². The number of rotatable bonds is 8. The molecule has 2 aliphatic heterocycles. The Hall–Kier alpha value is -3.65. The predicted octanol–water partition coefficient (Wildman–Crippen LogP) is 6.51. The highest BCUT2D eigenvalue weighted by Gasteiger charge is 2.36. The molecule has 1 amide bonds. The molecule has 0 saturated carbocycles. The Labute approximate surface area is 221 Å². The van der Waals surface area contributed by atoms with E-state index >= 15 is 0 Å². The van der Waals surface area contributed by atoms with E-state index in [2.05, 4.69) is 46.7 Å². The van der Waals surface area contributed by atoms with Gasteiger partial charge in [-0.1, -0.05) is 58.0 Å². The standard InChI is InChI=1S/C29H31N5O2S/c1-5-19(4)20-10-12-22(13-11-20)36-15-14-33-17-21(23-8-6-7-9-25(23)33)16-24-26(30)34-29(31-27(24)35)37-28(32-34)18(2)3/h6-13,16-19,30H,5,14-15H2,1-4H3/b24-16+,30-26?/t19-/m1/s1. The van der Waals surface area contributed by atoms with E-state index in [9.17, 15) is 4.79 Å². The number of carbonyl (C=O) groups is 1. The topological polar surface area (TPSA) is 83.0 Å². The number of nitrogens with one attached hydrogen (secondary N) is 1. The molecule has 2 aliphatic rings. The molecule has 1 atom stereocenters. The van der Waals surface area contributed by atoms with Crippen molar-refractivity contribution < 1.29 is 9.53 Å². The van der Waals surface area contributed by atoms with Gasteiger partial charge in [-0.15, -0.1) is 0 Å². The van der Waals surface area contributed by atoms with Crippen LogP contribution in [0.3, 0.4) is 0 Å². The van der Waals surface area contributed by atoms with E-state index in [1.807, 2.05) is 50.4 Å². The SMILES string of the molecule is CC[C@@H](C)c1ccc(OCCn2cc(/C=C3\C(=N)N4N=C(C(C)C)SC4=NC3=O)c3ccccc32)cc1. The summed E-state index contributed by atoms with van der Waals surface area (Å²) in [5.41, 5.74) is 3.46. The van der Waals surface area contributed by atoms with Gasteiger partial charge in [0.1, 0.15) is 17.4 Å². The van der Waals surface area contributed by atoms with Crippen LogP contribution in [0.25, 0.3) is 17.0 Å². The van der Waals surface area contributed by atoms with Crippen LogP contribution in [0.1, 0.15) is 51.2 Å². The molecule has 3 heterocycles. The molecular formula is C29H31N5O2S. The maximum absolute atomic E-state index is 12.9. The van der Waals surface area contributed by atoms with Crippen LogP contribution in [0, 0.1) is 11.3 Å². The second-order valence-electron chi connectivity index (χ2n) is 9.63. The van der Waals surface area contributed by atoms with Crippen LogP contribution in [0.5, 0.6) is 5.75 Å². The van der Waals surface area contributed by atoms with Crippen LogP contribution in [-0.4, -0.2) is 38.1 Å². The molecule has 0 bridgehead atoms. The number of hydrogen-bond donors (Lipinski definition) is 1. The van der Waals surface area contributed by atoms with Gasteiger partial charge in [-0.2, -0.15) is 15.1 Å². The van der Waals surface area contributed by atoms with Crippen LogP contribution in [0.4, 0.5) is 0 Å². The molecule has 0 radical (unpaired) electrons. The van der Waals surface area contributed by atoms with E-state index in [0.29, 0.717) is 24.2 Å². The van der Waals surface area contributed by atoms with Gasteiger partial charge in [0.05, 0.1) is 12.1 Å². The first-order valence-electron chi connectivity index (χ1n) is 12.7. The Morgan fingerprint density at radius 1 is 1.11 bits per heavy atom. The Balaban J connectivity index is 1.36. The maximum atomic E-state index is 12.9. The van der Waals surface area contributed by atoms with Gasteiger partial charge in [0.15, 0.2) is 5.84 Å². The maximum Gasteiger partial charge on any atom is 0.283 e. The zero-order valence-corrected chi connectivity index (χ0v) is 22.4. The van der Waals surface area contributed by atoms with E-state index < -0.39 is 5.91 Å². The number of thioether (sulfide) groups is 1. The quantitative estimate of drug-likeness (QED) is 0.348. The Kier molecular flexibility index (Phi) is 7.02. The predicted molar refractivity (Wildman–Crippen MR) is 152 cm³/mol. The van der Waals surface area contributed by atoms with Crippen molar-refractivity contribution in [1.82, 2.24) is 9.58 Å². The molecule has 0 fully saturated rings. The molecule has 37 heavy (non-hydrogen) atoms. The van der Waals surface area contributed by atoms with E-state index in [4.69, 9.17) is 10.1 Å². The molecule has 190 valence electrons. The molecule has 0 unspecified atom stereocenters. The van der Waals surface area contributed by atoms with Gasteiger partial charge in [0, 0.05) is 28.6 Å². The molecule has 0 spiro atoms. The van der Waals surface area contributed by atoms with Gasteiger partial charge in [-0.05, 0) is 53.9 Å². The second kappa shape index (κ2) is 10.4. The number of amides is 1. The fraction of sp³-hybridized carbons (Fsp3) is 0.310. The monoisotopic (exact) mass is 513 g/mol. The molecule has 1 aromatic heterocycles. The number of ether oxygens (including phenoxy) is 1. The lowest BCUT2D eigenvalue weighted by Crippen LogP contribution is -2.35. The molecule has 2 aromatic carbocycles. The number of fused-ring (bicyclic) bond motifs is 2. The normalized spacial score (nSPS) is 17.4. The summed E-state index contributed by atoms with van der Waals surface area (Å²) < 4.78 is 8.16. The minimum absolute atomic E-state index is 0.0548. The highest BCUT2D eigenvalue weighted by atomic mass is 32.2. The van der Waals surface area contributed by atoms with Crippen molar-refractivity contribution in [1.29, 1.82) is 5.41 Å². The van der Waals surface area contributed by atoms with Crippen molar-refractivity contribution in [2.45, 2.75) is 46.6 Å². The Morgan fingerprint density at radius 3 is 2.59 bits per heavy atom. The molecule has 5 rings (SSSR count). The van der Waals surface area contributed by atoms with Gasteiger partial charge in [0.2, 0.25) is 5.17 Å². The van der Waals surface area contributed by atoms with E-state index in [-0.39, 0.29) is 17.3 Å². The second-order valence-corrected chi connectivity index (χ2v) is 10.6. The largest absolute Gasteiger partial charge is 0.492 e. The van der Waals surface area contributed by atoms with Gasteiger partial charge in [-0.3, -0.25) is 10.2 Å². The van der Waals surface area contributed by atoms with Gasteiger partial charge in [-0.25, -0.2) is 0 Å². The molecule has 1 N–H and O–H groups in total. The summed E-state index contributed by atoms with van der Waals surface area (Å²) in [7, 11) is 0. The summed E-state index contributed by atoms with van der Waals surface area (Å²) in [6.45, 7) is 9.65. The van der Waals surface area contributed by atoms with Gasteiger partial charge < -0.3 is 9.30 Å². The fourth-order valence-electron chi connectivity index (χ4n) is 4.36. The third kappa shape index (κ3) is 4.98. The highest BCUT2D eigenvalue weighted by molar-refractivity contribution is 8.27. The van der Waals surface area contributed by atoms with Crippen LogP contribution in [0.15, 0.2) is 70.4 Å². The van der Waals surface area contributed by atoms with Crippen molar-refractivity contribution in [2.75, 3.05) is 6.61 Å². The smallest absolute Gasteiger partial charge is 0.283 e. The molecule has 7 nitrogen and oxygen atoms in total. The minimum Gasteiger partial charge on any atom is -0.492 e. The number of para-hydroxylation sites is 1. The van der Waals surface area contributed by atoms with Crippen molar-refractivity contribution in [2.24, 2.45) is 16.0 Å². The highest BCUT2D eigenvalue weighted by Crippen LogP contribution is 2.32. The van der Waals surface area contributed by atoms with Gasteiger partial charge >= 0.3 is 0 Å². The summed E-state index contributed by atoms with van der Waals surface area (Å²) in [5.74, 6) is 1.23. The number of amidine groups is 2. The number of aliphatic imine (C=N–C) groups is 1. The van der Waals surface area contributed by atoms with E-state index in [1.54, 1.807) is 6.08 Å². The minimum atomic E-state index is -0.412.